The van der Waals surface area contributed by atoms with Gasteiger partial charge in [0, 0.05) is 12.4 Å². The smallest absolute Gasteiger partial charge is 0.676 e. The van der Waals surface area contributed by atoms with E-state index in [1.807, 2.05) is 50.3 Å². The summed E-state index contributed by atoms with van der Waals surface area (Å²) in [7, 11) is 0. The molecule has 2 N–H and O–H groups in total. The molecule has 0 spiro atoms. The summed E-state index contributed by atoms with van der Waals surface area (Å²) in [5.41, 5.74) is 18.7. The predicted molar refractivity (Wildman–Crippen MR) is 228 cm³/mol. The maximum atomic E-state index is 5.13. The topological polar surface area (TPSA) is 98.5 Å². The minimum atomic E-state index is -0.0111. The van der Waals surface area contributed by atoms with Gasteiger partial charge in [-0.15, -0.1) is 24.4 Å². The van der Waals surface area contributed by atoms with E-state index in [2.05, 4.69) is 118 Å². The van der Waals surface area contributed by atoms with E-state index in [1.165, 1.54) is 72.0 Å². The molecule has 2 aliphatic carbocycles. The van der Waals surface area contributed by atoms with E-state index in [4.69, 9.17) is 24.4 Å². The maximum absolute atomic E-state index is 5.13. The van der Waals surface area contributed by atoms with Crippen molar-refractivity contribution < 1.29 is 94.1 Å². The van der Waals surface area contributed by atoms with Gasteiger partial charge in [0.2, 0.25) is 0 Å². The van der Waals surface area contributed by atoms with Crippen molar-refractivity contribution in [2.45, 2.75) is 108 Å². The molecule has 0 radical (unpaired) electrons. The van der Waals surface area contributed by atoms with Gasteiger partial charge in [-0.25, -0.2) is 0 Å². The van der Waals surface area contributed by atoms with Crippen LogP contribution in [0.15, 0.2) is 128 Å². The molecule has 0 aliphatic heterocycles. The average molecular weight is 782 g/mol. The van der Waals surface area contributed by atoms with Gasteiger partial charge in [-0.1, -0.05) is 111 Å². The SMILES string of the molecule is CC1=C(/C=C/C(C)=C/C=C/C(C)=C/C=N/[N-]C(=S)[N-]C(=S)[N-]/N=C/C=C(C)/C=C/C=C(C)/C=C/C2=C(C)CCCC2(C)C)C(C)(C)CCC1.O.[Na+].[Na+].[Na+]. The fourth-order valence-corrected chi connectivity index (χ4v) is 6.29. The molecule has 0 saturated heterocycles. The minimum Gasteiger partial charge on any atom is -0.676 e. The third-order valence-corrected chi connectivity index (χ3v) is 9.18. The van der Waals surface area contributed by atoms with Crippen LogP contribution in [-0.4, -0.2) is 28.1 Å². The first-order valence-electron chi connectivity index (χ1n) is 17.2. The number of hydrogen-bond donors (Lipinski definition) is 0. The molecule has 0 bridgehead atoms. The third-order valence-electron chi connectivity index (χ3n) is 8.83. The molecule has 0 saturated carbocycles. The maximum Gasteiger partial charge on any atom is 1.00 e. The molecular formula is C42H58N5Na3OS2. The zero-order valence-electron chi connectivity index (χ0n) is 34.9. The summed E-state index contributed by atoms with van der Waals surface area (Å²) in [6.45, 7) is 22.1. The van der Waals surface area contributed by atoms with Gasteiger partial charge in [-0.05, 0) is 125 Å². The number of hydrogen-bond acceptors (Lipinski definition) is 4. The van der Waals surface area contributed by atoms with Crippen LogP contribution in [-0.2, 0) is 0 Å². The van der Waals surface area contributed by atoms with E-state index in [0.29, 0.717) is 0 Å². The van der Waals surface area contributed by atoms with Crippen LogP contribution in [0.3, 0.4) is 0 Å². The molecule has 0 aromatic carbocycles. The van der Waals surface area contributed by atoms with Crippen molar-refractivity contribution in [3.63, 3.8) is 0 Å². The second-order valence-electron chi connectivity index (χ2n) is 14.3. The fraction of sp³-hybridized carbons (Fsp3) is 0.429. The molecule has 2 aliphatic rings. The Balaban J connectivity index is -0.00000625. The van der Waals surface area contributed by atoms with Crippen LogP contribution in [0.2, 0.25) is 0 Å². The van der Waals surface area contributed by atoms with E-state index < -0.39 is 0 Å². The second-order valence-corrected chi connectivity index (χ2v) is 15.0. The summed E-state index contributed by atoms with van der Waals surface area (Å²) >= 11 is 10.3. The van der Waals surface area contributed by atoms with E-state index >= 15 is 0 Å². The van der Waals surface area contributed by atoms with Gasteiger partial charge in [0.05, 0.1) is 0 Å². The Bertz CT molecular complexity index is 1470. The van der Waals surface area contributed by atoms with Gasteiger partial charge >= 0.3 is 88.7 Å². The molecule has 2 rings (SSSR count). The van der Waals surface area contributed by atoms with E-state index in [1.54, 1.807) is 12.4 Å². The van der Waals surface area contributed by atoms with Crippen LogP contribution >= 0.6 is 24.4 Å². The normalized spacial score (nSPS) is 18.4. The summed E-state index contributed by atoms with van der Waals surface area (Å²) in [5, 5.41) is 11.9. The summed E-state index contributed by atoms with van der Waals surface area (Å²) in [5.74, 6) is 0. The van der Waals surface area contributed by atoms with Crippen LogP contribution in [0.4, 0.5) is 0 Å². The Morgan fingerprint density at radius 2 is 0.925 bits per heavy atom. The van der Waals surface area contributed by atoms with E-state index in [9.17, 15) is 0 Å². The van der Waals surface area contributed by atoms with Gasteiger partial charge in [0.25, 0.3) is 0 Å². The summed E-state index contributed by atoms with van der Waals surface area (Å²) in [6.07, 6.45) is 35.6. The van der Waals surface area contributed by atoms with Crippen LogP contribution < -0.4 is 88.7 Å². The zero-order valence-corrected chi connectivity index (χ0v) is 42.5. The standard InChI is InChI=1S/C42H58N5S2.3Na.H2O/c1-31(21-23-37-35(5)19-13-27-41(37,7)8)15-11-17-33(3)25-29-43-46-39(48)45-40(49)47-44-30-26-34(4)18-12-16-32(2)22-24-38-36(6)20-14-28-42(38,9)10;;;;/h11-12,15-18,21-26,29-30H,13-14,19-20,27-28H2,1-10H3,(H2-,45,46,47,48,49);;;;1H2/q-1;3*+1;/p-2/b17-11+,18-12+,23-21+,24-22+,31-15+,32-16+,33-25+,34-26+,43-29+,44-30+;;;;. The van der Waals surface area contributed by atoms with E-state index in [-0.39, 0.29) is 115 Å². The van der Waals surface area contributed by atoms with Gasteiger partial charge in [0.1, 0.15) is 0 Å². The number of rotatable bonds is 12. The Kier molecular flexibility index (Phi) is 31.5. The molecular weight excluding hydrogens is 724 g/mol. The van der Waals surface area contributed by atoms with Gasteiger partial charge in [-0.3, -0.25) is 0 Å². The Morgan fingerprint density at radius 1 is 0.585 bits per heavy atom. The largest absolute Gasteiger partial charge is 1.00 e. The van der Waals surface area contributed by atoms with Crippen molar-refractivity contribution in [3.8, 4) is 0 Å². The Labute approximate surface area is 399 Å². The molecule has 0 fully saturated rings. The Morgan fingerprint density at radius 3 is 1.26 bits per heavy atom. The molecule has 0 unspecified atom stereocenters. The molecule has 6 nitrogen and oxygen atoms in total. The molecule has 0 heterocycles. The summed E-state index contributed by atoms with van der Waals surface area (Å²) in [4.78, 5) is 0. The quantitative estimate of drug-likeness (QED) is 0.0988. The molecule has 272 valence electrons. The average Bonchev–Trinajstić information content (AvgIpc) is 3.00. The zero-order chi connectivity index (χ0) is 36.5. The number of thiocarbonyl (C=S) groups is 2. The van der Waals surface area contributed by atoms with Crippen LogP contribution in [0.5, 0.6) is 0 Å². The first-order chi connectivity index (χ1) is 23.1. The van der Waals surface area contributed by atoms with Crippen molar-refractivity contribution in [2.24, 2.45) is 21.0 Å². The number of allylic oxidation sites excluding steroid dienone is 20. The number of nitrogens with zero attached hydrogens (tertiary/aromatic N) is 5. The minimum absolute atomic E-state index is 0. The van der Waals surface area contributed by atoms with Crippen molar-refractivity contribution in [2.75, 3.05) is 0 Å². The monoisotopic (exact) mass is 781 g/mol. The Hall–Kier alpha value is -0.720. The van der Waals surface area contributed by atoms with Crippen LogP contribution in [0.1, 0.15) is 108 Å². The van der Waals surface area contributed by atoms with Gasteiger partial charge in [0.15, 0.2) is 0 Å². The van der Waals surface area contributed by atoms with Crippen LogP contribution in [0.25, 0.3) is 16.2 Å². The van der Waals surface area contributed by atoms with Crippen molar-refractivity contribution in [1.82, 2.24) is 0 Å². The third kappa shape index (κ3) is 23.2. The fourth-order valence-electron chi connectivity index (χ4n) is 5.97. The summed E-state index contributed by atoms with van der Waals surface area (Å²) < 4.78 is 0. The molecule has 0 atom stereocenters. The second kappa shape index (κ2) is 29.5. The first-order valence-corrected chi connectivity index (χ1v) is 18.0. The van der Waals surface area contributed by atoms with Crippen LogP contribution in [0, 0.1) is 10.8 Å². The molecule has 0 aromatic rings. The molecule has 0 aromatic heterocycles. The van der Waals surface area contributed by atoms with Gasteiger partial charge < -0.3 is 31.8 Å². The van der Waals surface area contributed by atoms with E-state index in [0.717, 1.165) is 11.1 Å². The van der Waals surface area contributed by atoms with Crippen molar-refractivity contribution >= 4 is 47.1 Å². The van der Waals surface area contributed by atoms with Gasteiger partial charge in [-0.2, -0.15) is 10.2 Å². The van der Waals surface area contributed by atoms with Crippen molar-refractivity contribution in [1.29, 1.82) is 0 Å². The summed E-state index contributed by atoms with van der Waals surface area (Å²) in [6, 6.07) is 0. The molecule has 53 heavy (non-hydrogen) atoms. The predicted octanol–water partition coefficient (Wildman–Crippen LogP) is 3.90. The first kappa shape index (κ1) is 56.6. The van der Waals surface area contributed by atoms with Crippen molar-refractivity contribution in [3.05, 3.63) is 134 Å². The molecule has 11 heteroatoms. The molecule has 0 amide bonds.